The van der Waals surface area contributed by atoms with Crippen LogP contribution in [0.3, 0.4) is 0 Å². The van der Waals surface area contributed by atoms with E-state index in [2.05, 4.69) is 76.3 Å². The van der Waals surface area contributed by atoms with E-state index in [0.29, 0.717) is 6.04 Å². The van der Waals surface area contributed by atoms with Gasteiger partial charge < -0.3 is 5.32 Å². The fourth-order valence-electron chi connectivity index (χ4n) is 2.99. The van der Waals surface area contributed by atoms with Gasteiger partial charge in [0.15, 0.2) is 0 Å². The second kappa shape index (κ2) is 6.80. The van der Waals surface area contributed by atoms with E-state index in [-0.39, 0.29) is 0 Å². The van der Waals surface area contributed by atoms with Crippen molar-refractivity contribution >= 4 is 5.69 Å². The van der Waals surface area contributed by atoms with E-state index in [1.165, 1.54) is 33.5 Å². The highest BCUT2D eigenvalue weighted by Gasteiger charge is 2.12. The average Bonchev–Trinajstić information content (AvgIpc) is 2.47. The summed E-state index contributed by atoms with van der Waals surface area (Å²) in [6.45, 7) is 11.0. The monoisotopic (exact) mass is 281 g/mol. The molecule has 0 saturated carbocycles. The third kappa shape index (κ3) is 3.66. The van der Waals surface area contributed by atoms with Gasteiger partial charge in [-0.1, -0.05) is 55.8 Å². The van der Waals surface area contributed by atoms with Crippen molar-refractivity contribution in [3.63, 3.8) is 0 Å². The molecule has 1 unspecified atom stereocenters. The minimum Gasteiger partial charge on any atom is -0.378 e. The van der Waals surface area contributed by atoms with E-state index in [0.717, 1.165) is 12.8 Å². The Bertz CT molecular complexity index is 573. The van der Waals surface area contributed by atoms with E-state index in [1.54, 1.807) is 0 Å². The van der Waals surface area contributed by atoms with Crippen LogP contribution in [-0.2, 0) is 6.42 Å². The van der Waals surface area contributed by atoms with Crippen molar-refractivity contribution in [2.24, 2.45) is 0 Å². The zero-order chi connectivity index (χ0) is 15.4. The molecule has 0 fully saturated rings. The van der Waals surface area contributed by atoms with Gasteiger partial charge in [-0.15, -0.1) is 0 Å². The summed E-state index contributed by atoms with van der Waals surface area (Å²) in [6.07, 6.45) is 2.18. The smallest absolute Gasteiger partial charge is 0.0511 e. The number of nitrogens with one attached hydrogen (secondary N) is 1. The third-order valence-corrected chi connectivity index (χ3v) is 4.19. The van der Waals surface area contributed by atoms with Crippen LogP contribution in [0.25, 0.3) is 0 Å². The van der Waals surface area contributed by atoms with Gasteiger partial charge in [-0.25, -0.2) is 0 Å². The molecule has 0 aliphatic heterocycles. The van der Waals surface area contributed by atoms with Gasteiger partial charge in [0.2, 0.25) is 0 Å². The van der Waals surface area contributed by atoms with Crippen molar-refractivity contribution in [2.45, 2.75) is 53.5 Å². The summed E-state index contributed by atoms with van der Waals surface area (Å²) in [4.78, 5) is 0. The van der Waals surface area contributed by atoms with Crippen LogP contribution >= 0.6 is 0 Å². The largest absolute Gasteiger partial charge is 0.378 e. The van der Waals surface area contributed by atoms with E-state index < -0.39 is 0 Å². The molecule has 0 aromatic heterocycles. The normalized spacial score (nSPS) is 12.2. The predicted octanol–water partition coefficient (Wildman–Crippen LogP) is 5.74. The molecule has 0 radical (unpaired) electrons. The Morgan fingerprint density at radius 1 is 0.905 bits per heavy atom. The molecule has 1 heteroatoms. The van der Waals surface area contributed by atoms with Gasteiger partial charge in [0.25, 0.3) is 0 Å². The lowest BCUT2D eigenvalue weighted by molar-refractivity contribution is 0.746. The maximum atomic E-state index is 3.75. The lowest BCUT2D eigenvalue weighted by Crippen LogP contribution is -2.12. The number of hydrogen-bond acceptors (Lipinski definition) is 1. The Labute approximate surface area is 129 Å². The van der Waals surface area contributed by atoms with Gasteiger partial charge in [-0.3, -0.25) is 0 Å². The van der Waals surface area contributed by atoms with Gasteiger partial charge in [-0.05, 0) is 55.9 Å². The van der Waals surface area contributed by atoms with Gasteiger partial charge >= 0.3 is 0 Å². The van der Waals surface area contributed by atoms with Crippen LogP contribution < -0.4 is 5.32 Å². The van der Waals surface area contributed by atoms with Gasteiger partial charge in [0.05, 0.1) is 6.04 Å². The average molecular weight is 281 g/mol. The molecule has 2 rings (SSSR count). The second-order valence-electron chi connectivity index (χ2n) is 5.97. The molecule has 0 aliphatic carbocycles. The fourth-order valence-corrected chi connectivity index (χ4v) is 2.99. The predicted molar refractivity (Wildman–Crippen MR) is 93.1 cm³/mol. The highest BCUT2D eigenvalue weighted by molar-refractivity contribution is 5.59. The summed E-state index contributed by atoms with van der Waals surface area (Å²) in [7, 11) is 0. The summed E-state index contributed by atoms with van der Waals surface area (Å²) in [5.74, 6) is 0. The maximum Gasteiger partial charge on any atom is 0.0511 e. The summed E-state index contributed by atoms with van der Waals surface area (Å²) < 4.78 is 0. The minimum absolute atomic E-state index is 0.371. The number of aryl methyl sites for hydroxylation is 4. The van der Waals surface area contributed by atoms with Crippen molar-refractivity contribution in [1.82, 2.24) is 0 Å². The molecular weight excluding hydrogens is 254 g/mol. The van der Waals surface area contributed by atoms with Crippen LogP contribution in [0, 0.1) is 20.8 Å². The molecule has 2 aromatic rings. The Morgan fingerprint density at radius 3 is 1.95 bits per heavy atom. The molecule has 0 heterocycles. The minimum atomic E-state index is 0.371. The van der Waals surface area contributed by atoms with Crippen LogP contribution in [0.1, 0.15) is 54.1 Å². The maximum absolute atomic E-state index is 3.75. The van der Waals surface area contributed by atoms with Gasteiger partial charge in [-0.2, -0.15) is 0 Å². The van der Waals surface area contributed by atoms with E-state index >= 15 is 0 Å². The first-order chi connectivity index (χ1) is 10.0. The standard InChI is InChI=1S/C20H27N/c1-6-17-8-10-18(11-9-17)19(7-2)21-20-15(4)12-14(3)13-16(20)5/h8-13,19,21H,6-7H2,1-5H3. The van der Waals surface area contributed by atoms with Crippen molar-refractivity contribution in [3.8, 4) is 0 Å². The van der Waals surface area contributed by atoms with Gasteiger partial charge in [0, 0.05) is 5.69 Å². The Balaban J connectivity index is 2.26. The first-order valence-corrected chi connectivity index (χ1v) is 7.98. The number of anilines is 1. The van der Waals surface area contributed by atoms with Crippen molar-refractivity contribution < 1.29 is 0 Å². The first kappa shape index (κ1) is 15.6. The second-order valence-corrected chi connectivity index (χ2v) is 5.97. The lowest BCUT2D eigenvalue weighted by Gasteiger charge is -2.22. The van der Waals surface area contributed by atoms with Crippen LogP contribution in [0.4, 0.5) is 5.69 Å². The molecule has 112 valence electrons. The molecule has 2 aromatic carbocycles. The summed E-state index contributed by atoms with van der Waals surface area (Å²) >= 11 is 0. The van der Waals surface area contributed by atoms with Crippen LogP contribution in [-0.4, -0.2) is 0 Å². The third-order valence-electron chi connectivity index (χ3n) is 4.19. The molecule has 1 N–H and O–H groups in total. The van der Waals surface area contributed by atoms with E-state index in [1.807, 2.05) is 0 Å². The summed E-state index contributed by atoms with van der Waals surface area (Å²) in [5.41, 5.74) is 8.04. The van der Waals surface area contributed by atoms with Crippen LogP contribution in [0.2, 0.25) is 0 Å². The molecule has 21 heavy (non-hydrogen) atoms. The molecule has 0 bridgehead atoms. The molecule has 1 nitrogen and oxygen atoms in total. The molecule has 0 spiro atoms. The number of rotatable bonds is 5. The number of hydrogen-bond donors (Lipinski definition) is 1. The highest BCUT2D eigenvalue weighted by Crippen LogP contribution is 2.28. The Kier molecular flexibility index (Phi) is 5.06. The van der Waals surface area contributed by atoms with E-state index in [9.17, 15) is 0 Å². The SMILES string of the molecule is CCc1ccc(C(CC)Nc2c(C)cc(C)cc2C)cc1. The molecule has 0 aliphatic rings. The zero-order valence-electron chi connectivity index (χ0n) is 14.0. The van der Waals surface area contributed by atoms with Crippen LogP contribution in [0.5, 0.6) is 0 Å². The summed E-state index contributed by atoms with van der Waals surface area (Å²) in [6, 6.07) is 13.9. The molecule has 0 amide bonds. The zero-order valence-corrected chi connectivity index (χ0v) is 14.0. The van der Waals surface area contributed by atoms with Crippen LogP contribution in [0.15, 0.2) is 36.4 Å². The van der Waals surface area contributed by atoms with Crippen molar-refractivity contribution in [3.05, 3.63) is 64.2 Å². The molecular formula is C20H27N. The summed E-state index contributed by atoms with van der Waals surface area (Å²) in [5, 5.41) is 3.75. The van der Waals surface area contributed by atoms with Crippen molar-refractivity contribution in [1.29, 1.82) is 0 Å². The Morgan fingerprint density at radius 2 is 1.48 bits per heavy atom. The number of benzene rings is 2. The topological polar surface area (TPSA) is 12.0 Å². The Hall–Kier alpha value is -1.76. The van der Waals surface area contributed by atoms with E-state index in [4.69, 9.17) is 0 Å². The van der Waals surface area contributed by atoms with Crippen molar-refractivity contribution in [2.75, 3.05) is 5.32 Å². The van der Waals surface area contributed by atoms with Gasteiger partial charge in [0.1, 0.15) is 0 Å². The molecule has 1 atom stereocenters. The first-order valence-electron chi connectivity index (χ1n) is 7.98. The fraction of sp³-hybridized carbons (Fsp3) is 0.400. The quantitative estimate of drug-likeness (QED) is 0.737. The molecule has 0 saturated heterocycles. The lowest BCUT2D eigenvalue weighted by atomic mass is 9.99. The highest BCUT2D eigenvalue weighted by atomic mass is 14.9.